The maximum Gasteiger partial charge on any atom is 0.214 e. The van der Waals surface area contributed by atoms with Gasteiger partial charge in [-0.05, 0) is 61.0 Å². The lowest BCUT2D eigenvalue weighted by atomic mass is 10.2. The van der Waals surface area contributed by atoms with Crippen LogP contribution < -0.4 is 5.32 Å². The zero-order valence-corrected chi connectivity index (χ0v) is 17.6. The molecule has 0 aliphatic heterocycles. The van der Waals surface area contributed by atoms with Gasteiger partial charge in [-0.3, -0.25) is 0 Å². The van der Waals surface area contributed by atoms with Crippen molar-refractivity contribution in [1.82, 2.24) is 30.1 Å². The molecule has 0 aliphatic carbocycles. The third kappa shape index (κ3) is 4.52. The monoisotopic (exact) mass is 406 g/mol. The van der Waals surface area contributed by atoms with Gasteiger partial charge in [-0.2, -0.15) is 4.68 Å². The van der Waals surface area contributed by atoms with Crippen LogP contribution in [0, 0.1) is 0 Å². The molecule has 2 aromatic carbocycles. The Morgan fingerprint density at radius 1 is 1.03 bits per heavy atom. The van der Waals surface area contributed by atoms with Crippen LogP contribution in [0.4, 0.5) is 0 Å². The molecule has 0 bridgehead atoms. The predicted molar refractivity (Wildman–Crippen MR) is 119 cm³/mol. The van der Waals surface area contributed by atoms with Crippen LogP contribution in [0.2, 0.25) is 0 Å². The van der Waals surface area contributed by atoms with Gasteiger partial charge in [-0.25, -0.2) is 0 Å². The average Bonchev–Trinajstić information content (AvgIpc) is 3.36. The van der Waals surface area contributed by atoms with Gasteiger partial charge in [0.05, 0.1) is 5.69 Å². The molecular formula is C22H26N6S. The Kier molecular flexibility index (Phi) is 6.27. The van der Waals surface area contributed by atoms with Gasteiger partial charge in [0.15, 0.2) is 0 Å². The first-order valence-electron chi connectivity index (χ1n) is 10.00. The van der Waals surface area contributed by atoms with Crippen molar-refractivity contribution < 1.29 is 0 Å². The number of fused-ring (bicyclic) bond motifs is 1. The number of nitrogens with one attached hydrogen (secondary N) is 1. The third-order valence-corrected chi connectivity index (χ3v) is 5.87. The molecule has 2 heterocycles. The Morgan fingerprint density at radius 3 is 2.66 bits per heavy atom. The van der Waals surface area contributed by atoms with Crippen molar-refractivity contribution in [1.29, 1.82) is 0 Å². The van der Waals surface area contributed by atoms with E-state index in [0.29, 0.717) is 6.04 Å². The Bertz CT molecular complexity index is 1050. The normalized spacial score (nSPS) is 11.6. The Morgan fingerprint density at radius 2 is 1.83 bits per heavy atom. The van der Waals surface area contributed by atoms with E-state index >= 15 is 0 Å². The van der Waals surface area contributed by atoms with Crippen molar-refractivity contribution >= 4 is 22.7 Å². The molecule has 0 unspecified atom stereocenters. The Hall–Kier alpha value is -2.64. The molecule has 0 amide bonds. The summed E-state index contributed by atoms with van der Waals surface area (Å²) >= 11 is 1.69. The molecule has 29 heavy (non-hydrogen) atoms. The summed E-state index contributed by atoms with van der Waals surface area (Å²) in [4.78, 5) is 0. The molecule has 150 valence electrons. The van der Waals surface area contributed by atoms with Crippen molar-refractivity contribution in [2.75, 3.05) is 12.3 Å². The van der Waals surface area contributed by atoms with Crippen molar-refractivity contribution in [2.45, 2.75) is 38.0 Å². The van der Waals surface area contributed by atoms with E-state index in [0.717, 1.165) is 36.1 Å². The van der Waals surface area contributed by atoms with Gasteiger partial charge in [-0.15, -0.1) is 5.10 Å². The highest BCUT2D eigenvalue weighted by molar-refractivity contribution is 7.99. The molecule has 0 fully saturated rings. The summed E-state index contributed by atoms with van der Waals surface area (Å²) in [6, 6.07) is 19.1. The molecule has 4 aromatic rings. The minimum Gasteiger partial charge on any atom is -0.345 e. The number of hydrogen-bond acceptors (Lipinski definition) is 5. The van der Waals surface area contributed by atoms with Gasteiger partial charge in [0.2, 0.25) is 5.16 Å². The average molecular weight is 407 g/mol. The maximum atomic E-state index is 4.15. The van der Waals surface area contributed by atoms with Crippen molar-refractivity contribution in [2.24, 2.45) is 0 Å². The molecule has 0 aliphatic rings. The largest absolute Gasteiger partial charge is 0.345 e. The fourth-order valence-electron chi connectivity index (χ4n) is 3.43. The first-order valence-corrected chi connectivity index (χ1v) is 11.0. The van der Waals surface area contributed by atoms with Crippen LogP contribution in [0.5, 0.6) is 0 Å². The Labute approximate surface area is 175 Å². The molecule has 6 nitrogen and oxygen atoms in total. The molecule has 0 saturated carbocycles. The quantitative estimate of drug-likeness (QED) is 0.328. The van der Waals surface area contributed by atoms with Crippen LogP contribution in [0.3, 0.4) is 0 Å². The second-order valence-electron chi connectivity index (χ2n) is 7.26. The molecule has 2 aromatic heterocycles. The molecule has 1 N–H and O–H groups in total. The van der Waals surface area contributed by atoms with E-state index in [9.17, 15) is 0 Å². The van der Waals surface area contributed by atoms with E-state index in [4.69, 9.17) is 0 Å². The highest BCUT2D eigenvalue weighted by Gasteiger charge is 2.10. The van der Waals surface area contributed by atoms with E-state index < -0.39 is 0 Å². The molecule has 0 spiro atoms. The van der Waals surface area contributed by atoms with Crippen molar-refractivity contribution in [3.63, 3.8) is 0 Å². The topological polar surface area (TPSA) is 60.6 Å². The number of thioether (sulfide) groups is 1. The number of para-hydroxylation sites is 2. The number of nitrogens with zero attached hydrogens (tertiary/aromatic N) is 5. The molecule has 0 atom stereocenters. The third-order valence-electron chi connectivity index (χ3n) is 4.87. The first-order chi connectivity index (χ1) is 14.2. The SMILES string of the molecule is CC(C)n1cc(CNCCCSc2nnnn2-c2ccccc2)c2ccccc21. The highest BCUT2D eigenvalue weighted by atomic mass is 32.2. The summed E-state index contributed by atoms with van der Waals surface area (Å²) < 4.78 is 4.14. The van der Waals surface area contributed by atoms with Gasteiger partial charge in [0.25, 0.3) is 0 Å². The van der Waals surface area contributed by atoms with Crippen LogP contribution >= 0.6 is 11.8 Å². The number of aromatic nitrogens is 5. The summed E-state index contributed by atoms with van der Waals surface area (Å²) in [5.74, 6) is 0.966. The summed E-state index contributed by atoms with van der Waals surface area (Å²) in [7, 11) is 0. The molecular weight excluding hydrogens is 380 g/mol. The van der Waals surface area contributed by atoms with E-state index in [-0.39, 0.29) is 0 Å². The summed E-state index contributed by atoms with van der Waals surface area (Å²) in [5.41, 5.74) is 3.65. The van der Waals surface area contributed by atoms with Gasteiger partial charge in [0, 0.05) is 35.4 Å². The second-order valence-corrected chi connectivity index (χ2v) is 8.32. The smallest absolute Gasteiger partial charge is 0.214 e. The lowest BCUT2D eigenvalue weighted by Crippen LogP contribution is -2.15. The van der Waals surface area contributed by atoms with Gasteiger partial charge < -0.3 is 9.88 Å². The number of benzene rings is 2. The maximum absolute atomic E-state index is 4.15. The Balaban J connectivity index is 1.28. The van der Waals surface area contributed by atoms with E-state index in [2.05, 4.69) is 69.7 Å². The van der Waals surface area contributed by atoms with Gasteiger partial charge >= 0.3 is 0 Å². The zero-order valence-electron chi connectivity index (χ0n) is 16.8. The molecule has 7 heteroatoms. The summed E-state index contributed by atoms with van der Waals surface area (Å²) in [6.07, 6.45) is 3.33. The fraction of sp³-hybridized carbons (Fsp3) is 0.318. The van der Waals surface area contributed by atoms with E-state index in [1.54, 1.807) is 16.4 Å². The van der Waals surface area contributed by atoms with Crippen LogP contribution in [-0.2, 0) is 6.54 Å². The molecule has 0 saturated heterocycles. The van der Waals surface area contributed by atoms with Crippen molar-refractivity contribution in [3.8, 4) is 5.69 Å². The van der Waals surface area contributed by atoms with Gasteiger partial charge in [-0.1, -0.05) is 48.2 Å². The standard InChI is InChI=1S/C22H26N6S/c1-17(2)27-16-18(20-11-6-7-12-21(20)27)15-23-13-8-14-29-22-24-25-26-28(22)19-9-4-3-5-10-19/h3-7,9-12,16-17,23H,8,13-15H2,1-2H3. The lowest BCUT2D eigenvalue weighted by Gasteiger charge is -2.08. The minimum atomic E-state index is 0.459. The van der Waals surface area contributed by atoms with Crippen molar-refractivity contribution in [3.05, 3.63) is 66.4 Å². The summed E-state index contributed by atoms with van der Waals surface area (Å²) in [5, 5.41) is 17.8. The first kappa shape index (κ1) is 19.7. The fourth-order valence-corrected chi connectivity index (χ4v) is 4.26. The van der Waals surface area contributed by atoms with Gasteiger partial charge in [0.1, 0.15) is 0 Å². The van der Waals surface area contributed by atoms with E-state index in [1.807, 2.05) is 30.3 Å². The zero-order chi connectivity index (χ0) is 20.1. The number of tetrazole rings is 1. The predicted octanol–water partition coefficient (Wildman–Crippen LogP) is 4.47. The van der Waals surface area contributed by atoms with Crippen LogP contribution in [0.1, 0.15) is 31.9 Å². The van der Waals surface area contributed by atoms with Crippen LogP contribution in [0.25, 0.3) is 16.6 Å². The van der Waals surface area contributed by atoms with Crippen LogP contribution in [-0.4, -0.2) is 37.1 Å². The van der Waals surface area contributed by atoms with Crippen LogP contribution in [0.15, 0.2) is 66.0 Å². The molecule has 0 radical (unpaired) electrons. The number of hydrogen-bond donors (Lipinski definition) is 1. The molecule has 4 rings (SSSR count). The summed E-state index contributed by atoms with van der Waals surface area (Å²) in [6.45, 7) is 6.29. The minimum absolute atomic E-state index is 0.459. The lowest BCUT2D eigenvalue weighted by molar-refractivity contribution is 0.616. The highest BCUT2D eigenvalue weighted by Crippen LogP contribution is 2.24. The number of rotatable bonds is 9. The van der Waals surface area contributed by atoms with E-state index in [1.165, 1.54) is 16.5 Å². The second kappa shape index (κ2) is 9.24.